The molecule has 2 N–H and O–H groups in total. The van der Waals surface area contributed by atoms with Gasteiger partial charge in [0.25, 0.3) is 5.91 Å². The number of pyridine rings is 1. The number of ether oxygens (including phenoxy) is 1. The van der Waals surface area contributed by atoms with Gasteiger partial charge < -0.3 is 15.2 Å². The van der Waals surface area contributed by atoms with Crippen molar-refractivity contribution in [3.05, 3.63) is 48.3 Å². The Balaban J connectivity index is 1.59. The van der Waals surface area contributed by atoms with Gasteiger partial charge in [0.15, 0.2) is 0 Å². The van der Waals surface area contributed by atoms with Gasteiger partial charge in [-0.25, -0.2) is 0 Å². The first kappa shape index (κ1) is 19.8. The molecule has 0 spiro atoms. The van der Waals surface area contributed by atoms with Gasteiger partial charge in [0.1, 0.15) is 5.75 Å². The Labute approximate surface area is 164 Å². The van der Waals surface area contributed by atoms with E-state index in [0.717, 1.165) is 29.7 Å². The third-order valence-corrected chi connectivity index (χ3v) is 5.13. The van der Waals surface area contributed by atoms with Crippen molar-refractivity contribution in [3.63, 3.8) is 0 Å². The topological polar surface area (TPSA) is 91.8 Å². The molecule has 1 fully saturated rings. The third-order valence-electron chi connectivity index (χ3n) is 5.13. The lowest BCUT2D eigenvalue weighted by Gasteiger charge is -2.42. The Hall–Kier alpha value is -2.93. The van der Waals surface area contributed by atoms with Crippen LogP contribution in [0.15, 0.2) is 42.7 Å². The molecule has 1 amide bonds. The number of aromatic nitrogens is 1. The molecule has 0 saturated heterocycles. The van der Waals surface area contributed by atoms with E-state index in [1.807, 2.05) is 42.2 Å². The normalized spacial score (nSPS) is 18.4. The maximum atomic E-state index is 12.6. The fourth-order valence-electron chi connectivity index (χ4n) is 3.45. The predicted octanol–water partition coefficient (Wildman–Crippen LogP) is 2.42. The zero-order valence-corrected chi connectivity index (χ0v) is 16.1. The molecular weight excluding hydrogens is 358 g/mol. The average molecular weight is 383 g/mol. The summed E-state index contributed by atoms with van der Waals surface area (Å²) in [4.78, 5) is 29.6. The molecule has 148 valence electrons. The van der Waals surface area contributed by atoms with E-state index in [9.17, 15) is 9.59 Å². The van der Waals surface area contributed by atoms with E-state index >= 15 is 0 Å². The summed E-state index contributed by atoms with van der Waals surface area (Å²) in [6.07, 6.45) is 4.81. The van der Waals surface area contributed by atoms with Gasteiger partial charge in [-0.2, -0.15) is 0 Å². The lowest BCUT2D eigenvalue weighted by Crippen LogP contribution is -2.54. The maximum absolute atomic E-state index is 12.6. The van der Waals surface area contributed by atoms with Crippen molar-refractivity contribution in [1.29, 1.82) is 0 Å². The largest absolute Gasteiger partial charge is 0.497 e. The van der Waals surface area contributed by atoms with E-state index in [-0.39, 0.29) is 24.5 Å². The number of rotatable bonds is 8. The number of hydrogen-bond donors (Lipinski definition) is 2. The fourth-order valence-corrected chi connectivity index (χ4v) is 3.45. The summed E-state index contributed by atoms with van der Waals surface area (Å²) in [5, 5.41) is 12.0. The first-order chi connectivity index (χ1) is 13.5. The highest BCUT2D eigenvalue weighted by molar-refractivity contribution is 5.95. The summed E-state index contributed by atoms with van der Waals surface area (Å²) >= 11 is 0. The molecule has 0 unspecified atom stereocenters. The number of carboxylic acid groups (broad SMARTS) is 1. The molecule has 0 bridgehead atoms. The van der Waals surface area contributed by atoms with Crippen LogP contribution in [-0.4, -0.2) is 59.1 Å². The van der Waals surface area contributed by atoms with Gasteiger partial charge in [0.05, 0.1) is 19.2 Å². The highest BCUT2D eigenvalue weighted by Crippen LogP contribution is 2.26. The molecule has 0 aliphatic heterocycles. The van der Waals surface area contributed by atoms with Crippen molar-refractivity contribution in [2.75, 3.05) is 20.2 Å². The maximum Gasteiger partial charge on any atom is 0.317 e. The van der Waals surface area contributed by atoms with E-state index in [0.29, 0.717) is 12.1 Å². The lowest BCUT2D eigenvalue weighted by atomic mass is 9.85. The van der Waals surface area contributed by atoms with Crippen molar-refractivity contribution in [1.82, 2.24) is 15.2 Å². The number of likely N-dealkylation sites (N-methyl/N-ethyl adjacent to an activating group) is 1. The molecule has 7 heteroatoms. The summed E-state index contributed by atoms with van der Waals surface area (Å²) < 4.78 is 5.17. The SMILES string of the molecule is CCN(CC(=O)O)C1CC(NC(=O)c2cncc(-c3ccc(OC)cc3)c2)C1. The highest BCUT2D eigenvalue weighted by atomic mass is 16.5. The number of aliphatic carboxylic acids is 1. The average Bonchev–Trinajstić information content (AvgIpc) is 2.68. The van der Waals surface area contributed by atoms with E-state index in [2.05, 4.69) is 10.3 Å². The Morgan fingerprint density at radius 3 is 2.54 bits per heavy atom. The molecule has 2 aromatic rings. The zero-order chi connectivity index (χ0) is 20.1. The Morgan fingerprint density at radius 2 is 1.93 bits per heavy atom. The fraction of sp³-hybridized carbons (Fsp3) is 0.381. The first-order valence-electron chi connectivity index (χ1n) is 9.36. The number of carbonyl (C=O) groups is 2. The second-order valence-corrected chi connectivity index (χ2v) is 6.94. The molecule has 0 atom stereocenters. The Bertz CT molecular complexity index is 832. The van der Waals surface area contributed by atoms with Crippen LogP contribution in [0.4, 0.5) is 0 Å². The molecule has 3 rings (SSSR count). The molecular formula is C21H25N3O4. The second kappa shape index (κ2) is 8.84. The van der Waals surface area contributed by atoms with Crippen LogP contribution in [0.3, 0.4) is 0 Å². The van der Waals surface area contributed by atoms with Crippen LogP contribution < -0.4 is 10.1 Å². The molecule has 28 heavy (non-hydrogen) atoms. The van der Waals surface area contributed by atoms with Crippen molar-refractivity contribution in [2.45, 2.75) is 31.8 Å². The van der Waals surface area contributed by atoms with Gasteiger partial charge >= 0.3 is 5.97 Å². The molecule has 1 aromatic carbocycles. The van der Waals surface area contributed by atoms with E-state index in [4.69, 9.17) is 9.84 Å². The summed E-state index contributed by atoms with van der Waals surface area (Å²) in [5.74, 6) is -0.211. The van der Waals surface area contributed by atoms with Gasteiger partial charge in [-0.15, -0.1) is 0 Å². The minimum absolute atomic E-state index is 0.0374. The lowest BCUT2D eigenvalue weighted by molar-refractivity contribution is -0.139. The molecule has 1 heterocycles. The molecule has 1 aromatic heterocycles. The van der Waals surface area contributed by atoms with Crippen LogP contribution in [0.25, 0.3) is 11.1 Å². The third kappa shape index (κ3) is 4.67. The van der Waals surface area contributed by atoms with Crippen LogP contribution >= 0.6 is 0 Å². The van der Waals surface area contributed by atoms with Crippen LogP contribution in [0.5, 0.6) is 5.75 Å². The summed E-state index contributed by atoms with van der Waals surface area (Å²) in [6.45, 7) is 2.67. The number of nitrogens with one attached hydrogen (secondary N) is 1. The number of amides is 1. The minimum atomic E-state index is -0.823. The van der Waals surface area contributed by atoms with Crippen molar-refractivity contribution in [2.24, 2.45) is 0 Å². The van der Waals surface area contributed by atoms with E-state index in [1.165, 1.54) is 0 Å². The van der Waals surface area contributed by atoms with Gasteiger partial charge in [0.2, 0.25) is 0 Å². The smallest absolute Gasteiger partial charge is 0.317 e. The number of nitrogens with zero attached hydrogens (tertiary/aromatic N) is 2. The van der Waals surface area contributed by atoms with Crippen LogP contribution in [0.1, 0.15) is 30.1 Å². The molecule has 0 radical (unpaired) electrons. The van der Waals surface area contributed by atoms with Gasteiger partial charge in [0, 0.05) is 30.0 Å². The van der Waals surface area contributed by atoms with Gasteiger partial charge in [-0.05, 0) is 43.1 Å². The van der Waals surface area contributed by atoms with Crippen molar-refractivity contribution < 1.29 is 19.4 Å². The number of carboxylic acids is 1. The predicted molar refractivity (Wildman–Crippen MR) is 105 cm³/mol. The Morgan fingerprint density at radius 1 is 1.21 bits per heavy atom. The molecule has 1 aliphatic carbocycles. The van der Waals surface area contributed by atoms with Gasteiger partial charge in [-0.3, -0.25) is 19.5 Å². The summed E-state index contributed by atoms with van der Waals surface area (Å²) in [6, 6.07) is 9.68. The van der Waals surface area contributed by atoms with Crippen LogP contribution in [-0.2, 0) is 4.79 Å². The van der Waals surface area contributed by atoms with Gasteiger partial charge in [-0.1, -0.05) is 19.1 Å². The van der Waals surface area contributed by atoms with E-state index < -0.39 is 5.97 Å². The van der Waals surface area contributed by atoms with E-state index in [1.54, 1.807) is 19.5 Å². The molecule has 1 aliphatic rings. The quantitative estimate of drug-likeness (QED) is 0.727. The second-order valence-electron chi connectivity index (χ2n) is 6.94. The number of carbonyl (C=O) groups excluding carboxylic acids is 1. The van der Waals surface area contributed by atoms with Crippen LogP contribution in [0, 0.1) is 0 Å². The standard InChI is InChI=1S/C21H25N3O4/c1-3-24(13-20(25)26)18-9-17(10-18)23-21(27)16-8-15(11-22-12-16)14-4-6-19(28-2)7-5-14/h4-8,11-12,17-18H,3,9-10,13H2,1-2H3,(H,23,27)(H,25,26). The number of benzene rings is 1. The molecule has 7 nitrogen and oxygen atoms in total. The first-order valence-corrected chi connectivity index (χ1v) is 9.36. The Kier molecular flexibility index (Phi) is 6.26. The van der Waals surface area contributed by atoms with Crippen molar-refractivity contribution >= 4 is 11.9 Å². The number of hydrogen-bond acceptors (Lipinski definition) is 5. The van der Waals surface area contributed by atoms with Crippen LogP contribution in [0.2, 0.25) is 0 Å². The zero-order valence-electron chi connectivity index (χ0n) is 16.1. The summed E-state index contributed by atoms with van der Waals surface area (Å²) in [5.41, 5.74) is 2.33. The highest BCUT2D eigenvalue weighted by Gasteiger charge is 2.34. The minimum Gasteiger partial charge on any atom is -0.497 e. The number of methoxy groups -OCH3 is 1. The monoisotopic (exact) mass is 383 g/mol. The van der Waals surface area contributed by atoms with Crippen molar-refractivity contribution in [3.8, 4) is 16.9 Å². The summed E-state index contributed by atoms with van der Waals surface area (Å²) in [7, 11) is 1.62. The molecule has 1 saturated carbocycles.